The Morgan fingerprint density at radius 2 is 2.00 bits per heavy atom. The first kappa shape index (κ1) is 10.2. The Kier molecular flexibility index (Phi) is 1.94. The maximum Gasteiger partial charge on any atom is 0.267 e. The third-order valence-corrected chi connectivity index (χ3v) is 4.07. The lowest BCUT2D eigenvalue weighted by Crippen LogP contribution is -2.45. The average molecular weight is 223 g/mol. The van der Waals surface area contributed by atoms with Crippen LogP contribution in [0.15, 0.2) is 30.3 Å². The van der Waals surface area contributed by atoms with Gasteiger partial charge in [0.1, 0.15) is 0 Å². The van der Waals surface area contributed by atoms with Gasteiger partial charge in [-0.15, -0.1) is 0 Å². The first-order valence-corrected chi connectivity index (χ1v) is 5.79. The molecule has 2 aliphatic rings. The highest BCUT2D eigenvalue weighted by Gasteiger charge is 2.82. The Morgan fingerprint density at radius 1 is 1.31 bits per heavy atom. The van der Waals surface area contributed by atoms with Crippen molar-refractivity contribution < 1.29 is 8.78 Å². The van der Waals surface area contributed by atoms with Crippen LogP contribution in [0.3, 0.4) is 0 Å². The second-order valence-electron chi connectivity index (χ2n) is 4.91. The quantitative estimate of drug-likeness (QED) is 0.712. The van der Waals surface area contributed by atoms with E-state index in [9.17, 15) is 8.78 Å². The number of benzene rings is 1. The van der Waals surface area contributed by atoms with Gasteiger partial charge in [0.25, 0.3) is 5.92 Å². The molecule has 3 rings (SSSR count). The van der Waals surface area contributed by atoms with Crippen molar-refractivity contribution in [1.29, 1.82) is 0 Å². The van der Waals surface area contributed by atoms with Crippen molar-refractivity contribution >= 4 is 0 Å². The molecule has 1 aliphatic heterocycles. The summed E-state index contributed by atoms with van der Waals surface area (Å²) in [6.45, 7) is 2.67. The average Bonchev–Trinajstić information content (AvgIpc) is 2.81. The lowest BCUT2D eigenvalue weighted by Gasteiger charge is -2.30. The van der Waals surface area contributed by atoms with Crippen LogP contribution in [0.5, 0.6) is 0 Å². The first-order valence-electron chi connectivity index (χ1n) is 5.79. The summed E-state index contributed by atoms with van der Waals surface area (Å²) in [7, 11) is 0. The normalized spacial score (nSPS) is 38.7. The van der Waals surface area contributed by atoms with E-state index in [0.717, 1.165) is 12.0 Å². The van der Waals surface area contributed by atoms with E-state index in [-0.39, 0.29) is 12.0 Å². The van der Waals surface area contributed by atoms with Crippen molar-refractivity contribution in [2.45, 2.75) is 43.8 Å². The molecule has 3 unspecified atom stereocenters. The molecule has 0 bridgehead atoms. The van der Waals surface area contributed by atoms with Crippen molar-refractivity contribution in [2.24, 2.45) is 0 Å². The predicted molar refractivity (Wildman–Crippen MR) is 58.4 cm³/mol. The predicted octanol–water partition coefficient (Wildman–Crippen LogP) is 3.06. The molecule has 1 heterocycles. The van der Waals surface area contributed by atoms with Gasteiger partial charge in [0.2, 0.25) is 0 Å². The standard InChI is InChI=1S/C13H15F2N/c1-2-12-9-13(14,15)11(12)16(12)8-10-6-4-3-5-7-10/h3-7,11H,2,8-9H2,1H3. The summed E-state index contributed by atoms with van der Waals surface area (Å²) >= 11 is 0. The van der Waals surface area contributed by atoms with Gasteiger partial charge in [0, 0.05) is 18.5 Å². The number of nitrogens with zero attached hydrogens (tertiary/aromatic N) is 1. The number of rotatable bonds is 3. The highest BCUT2D eigenvalue weighted by atomic mass is 19.3. The molecule has 1 aromatic rings. The second-order valence-corrected chi connectivity index (χ2v) is 4.91. The topological polar surface area (TPSA) is 3.01 Å². The van der Waals surface area contributed by atoms with Crippen molar-refractivity contribution in [2.75, 3.05) is 0 Å². The van der Waals surface area contributed by atoms with Crippen LogP contribution in [-0.2, 0) is 6.54 Å². The Labute approximate surface area is 94.1 Å². The molecular formula is C13H15F2N. The molecule has 3 atom stereocenters. The molecule has 16 heavy (non-hydrogen) atoms. The Bertz CT molecular complexity index is 404. The summed E-state index contributed by atoms with van der Waals surface area (Å²) < 4.78 is 26.6. The number of hydrogen-bond acceptors (Lipinski definition) is 1. The van der Waals surface area contributed by atoms with E-state index >= 15 is 0 Å². The molecule has 1 saturated heterocycles. The number of fused-ring (bicyclic) bond motifs is 1. The minimum Gasteiger partial charge on any atom is -0.281 e. The molecular weight excluding hydrogens is 208 g/mol. The van der Waals surface area contributed by atoms with Gasteiger partial charge >= 0.3 is 0 Å². The minimum absolute atomic E-state index is 0.0496. The number of hydrogen-bond donors (Lipinski definition) is 0. The lowest BCUT2D eigenvalue weighted by atomic mass is 9.79. The van der Waals surface area contributed by atoms with Gasteiger partial charge in [0.15, 0.2) is 0 Å². The van der Waals surface area contributed by atoms with Crippen molar-refractivity contribution in [3.8, 4) is 0 Å². The molecule has 3 heteroatoms. The first-order chi connectivity index (χ1) is 7.60. The molecule has 1 aliphatic carbocycles. The number of likely N-dealkylation sites (tertiary alicyclic amines) is 1. The molecule has 2 fully saturated rings. The molecule has 86 valence electrons. The van der Waals surface area contributed by atoms with Crippen molar-refractivity contribution in [3.63, 3.8) is 0 Å². The van der Waals surface area contributed by atoms with Crippen LogP contribution in [0.1, 0.15) is 25.3 Å². The highest BCUT2D eigenvalue weighted by molar-refractivity contribution is 5.33. The van der Waals surface area contributed by atoms with Crippen LogP contribution in [0.25, 0.3) is 0 Å². The monoisotopic (exact) mass is 223 g/mol. The SMILES string of the molecule is CCC12CC(F)(F)C1N2Cc1ccccc1. The van der Waals surface area contributed by atoms with Crippen molar-refractivity contribution in [1.82, 2.24) is 4.90 Å². The van der Waals surface area contributed by atoms with Gasteiger partial charge in [-0.1, -0.05) is 37.3 Å². The van der Waals surface area contributed by atoms with Crippen LogP contribution in [-0.4, -0.2) is 22.4 Å². The molecule has 1 nitrogen and oxygen atoms in total. The summed E-state index contributed by atoms with van der Waals surface area (Å²) in [5.41, 5.74) is 0.944. The zero-order chi connectivity index (χ0) is 11.4. The van der Waals surface area contributed by atoms with Crippen LogP contribution >= 0.6 is 0 Å². The molecule has 1 saturated carbocycles. The van der Waals surface area contributed by atoms with Gasteiger partial charge in [-0.25, -0.2) is 8.78 Å². The summed E-state index contributed by atoms with van der Waals surface area (Å²) in [5, 5.41) is 0. The summed E-state index contributed by atoms with van der Waals surface area (Å²) in [4.78, 5) is 1.96. The van der Waals surface area contributed by atoms with E-state index in [0.29, 0.717) is 6.54 Å². The summed E-state index contributed by atoms with van der Waals surface area (Å²) in [6, 6.07) is 9.36. The lowest BCUT2D eigenvalue weighted by molar-refractivity contribution is -0.0666. The Hall–Kier alpha value is -0.960. The van der Waals surface area contributed by atoms with Crippen molar-refractivity contribution in [3.05, 3.63) is 35.9 Å². The smallest absolute Gasteiger partial charge is 0.267 e. The molecule has 0 amide bonds. The maximum atomic E-state index is 13.3. The zero-order valence-electron chi connectivity index (χ0n) is 9.29. The third kappa shape index (κ3) is 1.18. The largest absolute Gasteiger partial charge is 0.281 e. The van der Waals surface area contributed by atoms with Gasteiger partial charge in [-0.2, -0.15) is 0 Å². The molecule has 0 spiro atoms. The van der Waals surface area contributed by atoms with Crippen LogP contribution in [0.2, 0.25) is 0 Å². The fourth-order valence-electron chi connectivity index (χ4n) is 3.18. The fraction of sp³-hybridized carbons (Fsp3) is 0.538. The molecule has 1 aromatic carbocycles. The van der Waals surface area contributed by atoms with Crippen LogP contribution in [0, 0.1) is 0 Å². The number of alkyl halides is 2. The van der Waals surface area contributed by atoms with Gasteiger partial charge in [0.05, 0.1) is 6.04 Å². The second kappa shape index (κ2) is 3.04. The fourth-order valence-corrected chi connectivity index (χ4v) is 3.18. The van der Waals surface area contributed by atoms with E-state index in [4.69, 9.17) is 0 Å². The third-order valence-electron chi connectivity index (χ3n) is 4.07. The molecule has 0 aromatic heterocycles. The zero-order valence-corrected chi connectivity index (χ0v) is 9.29. The van der Waals surface area contributed by atoms with Gasteiger partial charge in [-0.05, 0) is 12.0 Å². The van der Waals surface area contributed by atoms with E-state index in [1.165, 1.54) is 0 Å². The van der Waals surface area contributed by atoms with E-state index in [1.807, 2.05) is 42.2 Å². The highest BCUT2D eigenvalue weighted by Crippen LogP contribution is 2.66. The maximum absolute atomic E-state index is 13.3. The van der Waals surface area contributed by atoms with E-state index < -0.39 is 12.0 Å². The Morgan fingerprint density at radius 3 is 2.50 bits per heavy atom. The summed E-state index contributed by atoms with van der Waals surface area (Å²) in [5.74, 6) is -2.45. The van der Waals surface area contributed by atoms with Gasteiger partial charge in [-0.3, -0.25) is 4.90 Å². The number of halogens is 2. The van der Waals surface area contributed by atoms with Crippen LogP contribution in [0.4, 0.5) is 8.78 Å². The molecule has 0 radical (unpaired) electrons. The van der Waals surface area contributed by atoms with Gasteiger partial charge < -0.3 is 0 Å². The van der Waals surface area contributed by atoms with E-state index in [2.05, 4.69) is 0 Å². The molecule has 0 N–H and O–H groups in total. The Balaban J connectivity index is 1.75. The minimum atomic E-state index is -2.45. The van der Waals surface area contributed by atoms with Crippen LogP contribution < -0.4 is 0 Å². The summed E-state index contributed by atoms with van der Waals surface area (Å²) in [6.07, 6.45) is 0.883. The van der Waals surface area contributed by atoms with E-state index in [1.54, 1.807) is 0 Å².